The molecule has 2 rings (SSSR count). The maximum absolute atomic E-state index is 12.1. The number of benzene rings is 1. The second kappa shape index (κ2) is 18.2. The lowest BCUT2D eigenvalue weighted by molar-refractivity contribution is -0.116. The lowest BCUT2D eigenvalue weighted by atomic mass is 10.2. The Morgan fingerprint density at radius 3 is 1.79 bits per heavy atom. The Morgan fingerprint density at radius 2 is 1.24 bits per heavy atom. The second-order valence-electron chi connectivity index (χ2n) is 7.86. The molecular formula is C30H39NO3. The third kappa shape index (κ3) is 12.7. The monoisotopic (exact) mass is 461 g/mol. The van der Waals surface area contributed by atoms with E-state index in [1.807, 2.05) is 18.2 Å². The van der Waals surface area contributed by atoms with Gasteiger partial charge >= 0.3 is 0 Å². The van der Waals surface area contributed by atoms with Crippen LogP contribution in [-0.2, 0) is 4.79 Å². The van der Waals surface area contributed by atoms with Crippen LogP contribution in [0, 0.1) is 0 Å². The lowest BCUT2D eigenvalue weighted by Gasteiger charge is -2.18. The molecule has 1 aliphatic heterocycles. The summed E-state index contributed by atoms with van der Waals surface area (Å²) >= 11 is 0. The van der Waals surface area contributed by atoms with Gasteiger partial charge in [0.2, 0.25) is 5.91 Å². The number of rotatable bonds is 15. The van der Waals surface area contributed by atoms with Crippen molar-refractivity contribution < 1.29 is 14.3 Å². The van der Waals surface area contributed by atoms with Gasteiger partial charge in [0.05, 0.1) is 0 Å². The highest BCUT2D eigenvalue weighted by Gasteiger charge is 2.12. The molecule has 1 N–H and O–H groups in total. The maximum atomic E-state index is 12.1. The molecular weight excluding hydrogens is 422 g/mol. The molecule has 0 radical (unpaired) electrons. The molecule has 1 aromatic carbocycles. The lowest BCUT2D eigenvalue weighted by Crippen LogP contribution is -2.16. The molecule has 182 valence electrons. The summed E-state index contributed by atoms with van der Waals surface area (Å²) in [4.78, 5) is 12.1. The van der Waals surface area contributed by atoms with E-state index in [9.17, 15) is 4.79 Å². The fourth-order valence-electron chi connectivity index (χ4n) is 3.20. The van der Waals surface area contributed by atoms with Crippen LogP contribution in [0.3, 0.4) is 0 Å². The third-order valence-corrected chi connectivity index (χ3v) is 4.96. The van der Waals surface area contributed by atoms with Crippen LogP contribution in [-0.4, -0.2) is 19.1 Å². The zero-order valence-electron chi connectivity index (χ0n) is 20.5. The van der Waals surface area contributed by atoms with E-state index in [1.165, 1.54) is 0 Å². The van der Waals surface area contributed by atoms with Gasteiger partial charge in [-0.1, -0.05) is 79.8 Å². The molecule has 34 heavy (non-hydrogen) atoms. The molecule has 0 aliphatic carbocycles. The first kappa shape index (κ1) is 27.0. The summed E-state index contributed by atoms with van der Waals surface area (Å²) in [5.41, 5.74) is 0.733. The normalized spacial score (nSPS) is 14.0. The number of carbonyl (C=O) groups excluding carboxylic acids is 1. The summed E-state index contributed by atoms with van der Waals surface area (Å²) in [5.74, 6) is 1.40. The van der Waals surface area contributed by atoms with Crippen LogP contribution < -0.4 is 14.8 Å². The standard InChI is InChI=1S/C30H39NO3/c1-2-3-4-5-6-7-8-9-10-11-12-13-14-15-16-17-18-19-20-21-30(32)31-27-22-23-28-29(26-27)34-25-24-33-28/h3-4,6-7,9-10,12-13,15-16,18-19,22-23,26H,2,5,8,11,14,17,20-21,24-25H2,1H3,(H,31,32)/b4-3-,7-6-,10-9-,13-12-,16-15-,19-18-. The second-order valence-corrected chi connectivity index (χ2v) is 7.86. The molecule has 1 heterocycles. The van der Waals surface area contributed by atoms with Crippen molar-refractivity contribution >= 4 is 11.6 Å². The molecule has 4 nitrogen and oxygen atoms in total. The average molecular weight is 462 g/mol. The maximum Gasteiger partial charge on any atom is 0.224 e. The van der Waals surface area contributed by atoms with E-state index in [1.54, 1.807) is 0 Å². The zero-order valence-corrected chi connectivity index (χ0v) is 20.5. The minimum atomic E-state index is -0.00351. The number of hydrogen-bond acceptors (Lipinski definition) is 3. The van der Waals surface area contributed by atoms with Gasteiger partial charge in [-0.3, -0.25) is 4.79 Å². The molecule has 0 saturated heterocycles. The van der Waals surface area contributed by atoms with Crippen molar-refractivity contribution in [3.63, 3.8) is 0 Å². The first-order chi connectivity index (χ1) is 16.8. The van der Waals surface area contributed by atoms with E-state index in [-0.39, 0.29) is 5.91 Å². The molecule has 4 heteroatoms. The smallest absolute Gasteiger partial charge is 0.224 e. The predicted molar refractivity (Wildman–Crippen MR) is 144 cm³/mol. The SMILES string of the molecule is CC/C=C\C/C=C\C/C=C\C/C=C\C/C=C\C/C=C\CCC(=O)Nc1ccc2c(c1)OCCO2. The Hall–Kier alpha value is -3.27. The highest BCUT2D eigenvalue weighted by molar-refractivity contribution is 5.91. The van der Waals surface area contributed by atoms with Crippen molar-refractivity contribution in [3.8, 4) is 11.5 Å². The first-order valence-electron chi connectivity index (χ1n) is 12.4. The highest BCUT2D eigenvalue weighted by Crippen LogP contribution is 2.32. The molecule has 0 aromatic heterocycles. The number of hydrogen-bond donors (Lipinski definition) is 1. The van der Waals surface area contributed by atoms with Crippen molar-refractivity contribution in [2.45, 2.75) is 58.3 Å². The first-order valence-corrected chi connectivity index (χ1v) is 12.4. The highest BCUT2D eigenvalue weighted by atomic mass is 16.6. The van der Waals surface area contributed by atoms with E-state index in [2.05, 4.69) is 85.2 Å². The fourth-order valence-corrected chi connectivity index (χ4v) is 3.20. The summed E-state index contributed by atoms with van der Waals surface area (Å²) in [6.07, 6.45) is 33.2. The number of amides is 1. The number of carbonyl (C=O) groups is 1. The summed E-state index contributed by atoms with van der Waals surface area (Å²) in [5, 5.41) is 2.91. The average Bonchev–Trinajstić information content (AvgIpc) is 2.85. The topological polar surface area (TPSA) is 47.6 Å². The number of nitrogens with one attached hydrogen (secondary N) is 1. The minimum absolute atomic E-state index is 0.00351. The molecule has 0 bridgehead atoms. The summed E-state index contributed by atoms with van der Waals surface area (Å²) < 4.78 is 11.0. The van der Waals surface area contributed by atoms with Crippen LogP contribution in [0.25, 0.3) is 0 Å². The summed E-state index contributed by atoms with van der Waals surface area (Å²) in [6.45, 7) is 3.25. The Bertz CT molecular complexity index is 890. The van der Waals surface area contributed by atoms with Crippen molar-refractivity contribution in [1.29, 1.82) is 0 Å². The van der Waals surface area contributed by atoms with E-state index < -0.39 is 0 Å². The third-order valence-electron chi connectivity index (χ3n) is 4.96. The van der Waals surface area contributed by atoms with Gasteiger partial charge in [0.15, 0.2) is 11.5 Å². The van der Waals surface area contributed by atoms with E-state index in [0.29, 0.717) is 25.4 Å². The van der Waals surface area contributed by atoms with Crippen LogP contribution in [0.4, 0.5) is 5.69 Å². The number of fused-ring (bicyclic) bond motifs is 1. The Labute approximate surface area is 205 Å². The van der Waals surface area contributed by atoms with Gasteiger partial charge < -0.3 is 14.8 Å². The van der Waals surface area contributed by atoms with Crippen LogP contribution in [0.1, 0.15) is 58.3 Å². The predicted octanol–water partition coefficient (Wildman–Crippen LogP) is 7.87. The molecule has 0 spiro atoms. The van der Waals surface area contributed by atoms with Gasteiger partial charge in [-0.05, 0) is 57.1 Å². The largest absolute Gasteiger partial charge is 0.486 e. The van der Waals surface area contributed by atoms with Gasteiger partial charge in [-0.25, -0.2) is 0 Å². The van der Waals surface area contributed by atoms with E-state index >= 15 is 0 Å². The van der Waals surface area contributed by atoms with Crippen molar-refractivity contribution in [1.82, 2.24) is 0 Å². The Balaban J connectivity index is 1.47. The quantitative estimate of drug-likeness (QED) is 0.270. The molecule has 0 unspecified atom stereocenters. The van der Waals surface area contributed by atoms with Crippen molar-refractivity contribution in [2.24, 2.45) is 0 Å². The van der Waals surface area contributed by atoms with Gasteiger partial charge in [0, 0.05) is 18.2 Å². The Morgan fingerprint density at radius 1 is 0.735 bits per heavy atom. The van der Waals surface area contributed by atoms with Crippen molar-refractivity contribution in [2.75, 3.05) is 18.5 Å². The van der Waals surface area contributed by atoms with Gasteiger partial charge in [0.25, 0.3) is 0 Å². The van der Waals surface area contributed by atoms with Crippen LogP contribution in [0.5, 0.6) is 11.5 Å². The molecule has 1 amide bonds. The van der Waals surface area contributed by atoms with Crippen LogP contribution >= 0.6 is 0 Å². The van der Waals surface area contributed by atoms with E-state index in [0.717, 1.165) is 56.4 Å². The summed E-state index contributed by atoms with van der Waals surface area (Å²) in [6, 6.07) is 5.47. The van der Waals surface area contributed by atoms with Gasteiger partial charge in [-0.15, -0.1) is 0 Å². The van der Waals surface area contributed by atoms with Gasteiger partial charge in [0.1, 0.15) is 13.2 Å². The number of allylic oxidation sites excluding steroid dienone is 12. The fraction of sp³-hybridized carbons (Fsp3) is 0.367. The van der Waals surface area contributed by atoms with Crippen LogP contribution in [0.2, 0.25) is 0 Å². The molecule has 0 saturated carbocycles. The molecule has 1 aliphatic rings. The Kier molecular flexibility index (Phi) is 14.4. The molecule has 1 aromatic rings. The van der Waals surface area contributed by atoms with Crippen molar-refractivity contribution in [3.05, 3.63) is 91.1 Å². The van der Waals surface area contributed by atoms with E-state index in [4.69, 9.17) is 9.47 Å². The molecule has 0 fully saturated rings. The summed E-state index contributed by atoms with van der Waals surface area (Å²) in [7, 11) is 0. The van der Waals surface area contributed by atoms with Gasteiger partial charge in [-0.2, -0.15) is 0 Å². The zero-order chi connectivity index (χ0) is 24.1. The number of anilines is 1. The molecule has 0 atom stereocenters. The number of ether oxygens (including phenoxy) is 2. The van der Waals surface area contributed by atoms with Crippen LogP contribution in [0.15, 0.2) is 91.1 Å². The minimum Gasteiger partial charge on any atom is -0.486 e.